The van der Waals surface area contributed by atoms with Gasteiger partial charge in [-0.3, -0.25) is 4.79 Å². The number of aryl methyl sites for hydroxylation is 1. The van der Waals surface area contributed by atoms with Gasteiger partial charge in [-0.2, -0.15) is 0 Å². The van der Waals surface area contributed by atoms with Crippen LogP contribution in [0.2, 0.25) is 5.02 Å². The van der Waals surface area contributed by atoms with Crippen molar-refractivity contribution < 1.29 is 4.79 Å². The third kappa shape index (κ3) is 3.28. The number of Topliss-reactive ketones (excluding diaryl/α,β-unsaturated/α-hetero) is 1. The van der Waals surface area contributed by atoms with Crippen molar-refractivity contribution in [2.24, 2.45) is 0 Å². The lowest BCUT2D eigenvalue weighted by Gasteiger charge is -2.27. The van der Waals surface area contributed by atoms with Crippen LogP contribution in [0.15, 0.2) is 30.3 Å². The van der Waals surface area contributed by atoms with Crippen LogP contribution < -0.4 is 4.90 Å². The van der Waals surface area contributed by atoms with E-state index in [0.29, 0.717) is 29.5 Å². The maximum absolute atomic E-state index is 11.4. The molecule has 0 bridgehead atoms. The Morgan fingerprint density at radius 2 is 1.82 bits per heavy atom. The number of nitrogens with zero attached hydrogens (tertiary/aromatic N) is 3. The lowest BCUT2D eigenvalue weighted by atomic mass is 10.1. The highest BCUT2D eigenvalue weighted by Crippen LogP contribution is 2.23. The minimum Gasteiger partial charge on any atom is -0.356 e. The van der Waals surface area contributed by atoms with E-state index in [2.05, 4.69) is 16.8 Å². The summed E-state index contributed by atoms with van der Waals surface area (Å²) in [6.45, 7) is 3.55. The highest BCUT2D eigenvalue weighted by molar-refractivity contribution is 6.30. The quantitative estimate of drug-likeness (QED) is 0.869. The maximum atomic E-state index is 11.4. The molecule has 1 aliphatic heterocycles. The van der Waals surface area contributed by atoms with Gasteiger partial charge in [-0.25, -0.2) is 9.97 Å². The lowest BCUT2D eigenvalue weighted by molar-refractivity contribution is -0.119. The van der Waals surface area contributed by atoms with Gasteiger partial charge in [-0.1, -0.05) is 18.5 Å². The number of benzene rings is 1. The van der Waals surface area contributed by atoms with Crippen molar-refractivity contribution >= 4 is 23.2 Å². The van der Waals surface area contributed by atoms with E-state index in [1.165, 1.54) is 0 Å². The summed E-state index contributed by atoms with van der Waals surface area (Å²) in [5.41, 5.74) is 1.96. The van der Waals surface area contributed by atoms with Gasteiger partial charge in [-0.05, 0) is 30.7 Å². The fourth-order valence-corrected chi connectivity index (χ4v) is 2.67. The molecule has 3 rings (SSSR count). The van der Waals surface area contributed by atoms with Gasteiger partial charge in [0.05, 0.1) is 0 Å². The number of ketones is 1. The van der Waals surface area contributed by atoms with E-state index < -0.39 is 0 Å². The number of carbonyl (C=O) groups is 1. The molecule has 114 valence electrons. The Bertz CT molecular complexity index is 675. The summed E-state index contributed by atoms with van der Waals surface area (Å²) in [5.74, 6) is 1.95. The third-order valence-electron chi connectivity index (χ3n) is 3.88. The van der Waals surface area contributed by atoms with Gasteiger partial charge in [0.2, 0.25) is 0 Å². The van der Waals surface area contributed by atoms with E-state index in [9.17, 15) is 4.79 Å². The summed E-state index contributed by atoms with van der Waals surface area (Å²) in [6.07, 6.45) is 2.05. The van der Waals surface area contributed by atoms with E-state index in [1.807, 2.05) is 30.3 Å². The number of anilines is 1. The minimum absolute atomic E-state index is 0.332. The van der Waals surface area contributed by atoms with Crippen LogP contribution in [0.4, 0.5) is 5.82 Å². The molecule has 0 atom stereocenters. The average molecular weight is 316 g/mol. The Morgan fingerprint density at radius 1 is 1.14 bits per heavy atom. The Labute approximate surface area is 135 Å². The predicted octanol–water partition coefficient (Wildman–Crippen LogP) is 3.53. The standard InChI is InChI=1S/C17H18ClN3O/c1-2-14-11-16(21-9-7-15(22)8-10-21)20-17(19-14)12-3-5-13(18)6-4-12/h3-6,11H,2,7-10H2,1H3. The molecule has 4 nitrogen and oxygen atoms in total. The fraction of sp³-hybridized carbons (Fsp3) is 0.353. The number of rotatable bonds is 3. The summed E-state index contributed by atoms with van der Waals surface area (Å²) >= 11 is 5.94. The molecule has 0 amide bonds. The van der Waals surface area contributed by atoms with E-state index in [1.54, 1.807) is 0 Å². The van der Waals surface area contributed by atoms with E-state index in [-0.39, 0.29) is 0 Å². The number of halogens is 1. The molecule has 0 saturated carbocycles. The van der Waals surface area contributed by atoms with E-state index in [4.69, 9.17) is 16.6 Å². The minimum atomic E-state index is 0.332. The highest BCUT2D eigenvalue weighted by Gasteiger charge is 2.19. The summed E-state index contributed by atoms with van der Waals surface area (Å²) in [6, 6.07) is 9.58. The molecule has 5 heteroatoms. The van der Waals surface area contributed by atoms with Gasteiger partial charge in [0.25, 0.3) is 0 Å². The molecule has 0 radical (unpaired) electrons. The van der Waals surface area contributed by atoms with Crippen LogP contribution in [0.3, 0.4) is 0 Å². The number of piperidine rings is 1. The second kappa shape index (κ2) is 6.44. The summed E-state index contributed by atoms with van der Waals surface area (Å²) in [4.78, 5) is 22.9. The first-order valence-corrected chi connectivity index (χ1v) is 7.94. The van der Waals surface area contributed by atoms with Crippen molar-refractivity contribution in [2.75, 3.05) is 18.0 Å². The van der Waals surface area contributed by atoms with Crippen LogP contribution in [0.1, 0.15) is 25.5 Å². The SMILES string of the molecule is CCc1cc(N2CCC(=O)CC2)nc(-c2ccc(Cl)cc2)n1. The molecule has 0 aliphatic carbocycles. The molecule has 22 heavy (non-hydrogen) atoms. The second-order valence-electron chi connectivity index (χ2n) is 5.43. The van der Waals surface area contributed by atoms with Crippen molar-refractivity contribution in [2.45, 2.75) is 26.2 Å². The topological polar surface area (TPSA) is 46.1 Å². The smallest absolute Gasteiger partial charge is 0.161 e. The monoisotopic (exact) mass is 315 g/mol. The van der Waals surface area contributed by atoms with Crippen LogP contribution in [0, 0.1) is 0 Å². The van der Waals surface area contributed by atoms with Crippen molar-refractivity contribution in [3.8, 4) is 11.4 Å². The van der Waals surface area contributed by atoms with Gasteiger partial charge in [-0.15, -0.1) is 0 Å². The van der Waals surface area contributed by atoms with Crippen molar-refractivity contribution in [3.63, 3.8) is 0 Å². The van der Waals surface area contributed by atoms with Gasteiger partial charge >= 0.3 is 0 Å². The Morgan fingerprint density at radius 3 is 2.45 bits per heavy atom. The first-order chi connectivity index (χ1) is 10.7. The number of aromatic nitrogens is 2. The van der Waals surface area contributed by atoms with E-state index in [0.717, 1.165) is 36.6 Å². The van der Waals surface area contributed by atoms with Gasteiger partial charge in [0, 0.05) is 48.3 Å². The largest absolute Gasteiger partial charge is 0.356 e. The Kier molecular flexibility index (Phi) is 4.39. The van der Waals surface area contributed by atoms with Crippen molar-refractivity contribution in [1.82, 2.24) is 9.97 Å². The normalized spacial score (nSPS) is 15.2. The molecule has 1 aromatic heterocycles. The van der Waals surface area contributed by atoms with Crippen LogP contribution >= 0.6 is 11.6 Å². The van der Waals surface area contributed by atoms with Crippen LogP contribution in [0.5, 0.6) is 0 Å². The Balaban J connectivity index is 1.95. The molecule has 1 fully saturated rings. The molecule has 1 aromatic carbocycles. The summed E-state index contributed by atoms with van der Waals surface area (Å²) in [7, 11) is 0. The zero-order valence-electron chi connectivity index (χ0n) is 12.6. The molecule has 2 aromatic rings. The Hall–Kier alpha value is -1.94. The van der Waals surface area contributed by atoms with Crippen LogP contribution in [0.25, 0.3) is 11.4 Å². The molecule has 0 N–H and O–H groups in total. The lowest BCUT2D eigenvalue weighted by Crippen LogP contribution is -2.34. The molecule has 1 saturated heterocycles. The zero-order valence-corrected chi connectivity index (χ0v) is 13.3. The molecular weight excluding hydrogens is 298 g/mol. The second-order valence-corrected chi connectivity index (χ2v) is 5.86. The van der Waals surface area contributed by atoms with Crippen LogP contribution in [-0.4, -0.2) is 28.8 Å². The first-order valence-electron chi connectivity index (χ1n) is 7.56. The molecule has 2 heterocycles. The molecule has 1 aliphatic rings. The van der Waals surface area contributed by atoms with Crippen LogP contribution in [-0.2, 0) is 11.2 Å². The highest BCUT2D eigenvalue weighted by atomic mass is 35.5. The van der Waals surface area contributed by atoms with Crippen molar-refractivity contribution in [1.29, 1.82) is 0 Å². The number of hydrogen-bond donors (Lipinski definition) is 0. The fourth-order valence-electron chi connectivity index (χ4n) is 2.54. The number of carbonyl (C=O) groups excluding carboxylic acids is 1. The first kappa shape index (κ1) is 15.0. The molecule has 0 spiro atoms. The molecular formula is C17H18ClN3O. The molecule has 0 unspecified atom stereocenters. The van der Waals surface area contributed by atoms with Gasteiger partial charge in [0.15, 0.2) is 5.82 Å². The maximum Gasteiger partial charge on any atom is 0.161 e. The third-order valence-corrected chi connectivity index (χ3v) is 4.13. The van der Waals surface area contributed by atoms with Gasteiger partial charge in [0.1, 0.15) is 11.6 Å². The summed E-state index contributed by atoms with van der Waals surface area (Å²) in [5, 5.41) is 0.699. The predicted molar refractivity (Wildman–Crippen MR) is 88.3 cm³/mol. The van der Waals surface area contributed by atoms with Gasteiger partial charge < -0.3 is 4.90 Å². The summed E-state index contributed by atoms with van der Waals surface area (Å²) < 4.78 is 0. The van der Waals surface area contributed by atoms with E-state index >= 15 is 0 Å². The van der Waals surface area contributed by atoms with Crippen molar-refractivity contribution in [3.05, 3.63) is 41.0 Å². The zero-order chi connectivity index (χ0) is 15.5. The average Bonchev–Trinajstić information content (AvgIpc) is 2.55. The number of hydrogen-bond acceptors (Lipinski definition) is 4.